The number of carboxylic acid groups (broad SMARTS) is 1. The highest BCUT2D eigenvalue weighted by Crippen LogP contribution is 2.62. The van der Waals surface area contributed by atoms with Crippen molar-refractivity contribution in [2.24, 2.45) is 17.8 Å². The van der Waals surface area contributed by atoms with E-state index in [1.165, 1.54) is 66.2 Å². The van der Waals surface area contributed by atoms with Crippen LogP contribution in [0.15, 0.2) is 35.7 Å². The molecule has 189 valence electrons. The van der Waals surface area contributed by atoms with Crippen LogP contribution in [0.2, 0.25) is 13.1 Å². The lowest BCUT2D eigenvalue weighted by Gasteiger charge is -2.58. The molecule has 7 rings (SSSR count). The van der Waals surface area contributed by atoms with E-state index >= 15 is 0 Å². The van der Waals surface area contributed by atoms with Crippen molar-refractivity contribution in [1.29, 1.82) is 0 Å². The van der Waals surface area contributed by atoms with Crippen molar-refractivity contribution in [3.05, 3.63) is 52.4 Å². The number of hydrogen-bond donors (Lipinski definition) is 1. The number of benzene rings is 2. The third-order valence-corrected chi connectivity index (χ3v) is 10.5. The summed E-state index contributed by atoms with van der Waals surface area (Å²) in [6.45, 7) is 11.4. The minimum Gasteiger partial charge on any atom is -0.542 e. The molecule has 36 heavy (non-hydrogen) atoms. The first-order chi connectivity index (χ1) is 17.0. The van der Waals surface area contributed by atoms with Crippen LogP contribution in [0.5, 0.6) is 5.75 Å². The highest BCUT2D eigenvalue weighted by atomic mass is 32.1. The zero-order valence-corrected chi connectivity index (χ0v) is 23.9. The summed E-state index contributed by atoms with van der Waals surface area (Å²) in [5.74, 6) is 2.74. The monoisotopic (exact) mass is 517 g/mol. The van der Waals surface area contributed by atoms with E-state index in [-0.39, 0.29) is 5.41 Å². The Labute approximate surface area is 220 Å². The third kappa shape index (κ3) is 4.03. The molecular weight excluding hydrogens is 480 g/mol. The molecule has 1 aromatic heterocycles. The molecule has 1 heterocycles. The van der Waals surface area contributed by atoms with Crippen molar-refractivity contribution in [2.75, 3.05) is 0 Å². The van der Waals surface area contributed by atoms with E-state index in [9.17, 15) is 9.90 Å². The predicted octanol–water partition coefficient (Wildman–Crippen LogP) is 8.66. The Morgan fingerprint density at radius 3 is 2.19 bits per heavy atom. The van der Waals surface area contributed by atoms with Gasteiger partial charge in [-0.15, -0.1) is 11.3 Å². The second-order valence-corrected chi connectivity index (χ2v) is 16.0. The smallest absolute Gasteiger partial charge is 0.336 e. The molecule has 3 nitrogen and oxygen atoms in total. The summed E-state index contributed by atoms with van der Waals surface area (Å²) in [6.07, 6.45) is 8.35. The zero-order chi connectivity index (χ0) is 25.4. The summed E-state index contributed by atoms with van der Waals surface area (Å²) in [4.78, 5) is 12.5. The Hall–Kier alpha value is -2.11. The number of carbonyl (C=O) groups is 1. The summed E-state index contributed by atoms with van der Waals surface area (Å²) >= 11 is 1.49. The maximum Gasteiger partial charge on any atom is 0.336 e. The average molecular weight is 518 g/mol. The van der Waals surface area contributed by atoms with Gasteiger partial charge in [-0.05, 0) is 115 Å². The first-order valence-corrected chi connectivity index (χ1v) is 16.7. The Balaban J connectivity index is 1.59. The molecular formula is C31H37O3SSi. The lowest BCUT2D eigenvalue weighted by molar-refractivity contribution is -0.00586. The van der Waals surface area contributed by atoms with Crippen LogP contribution in [0, 0.1) is 17.8 Å². The molecule has 0 spiro atoms. The summed E-state index contributed by atoms with van der Waals surface area (Å²) in [5, 5.41) is 13.7. The number of aromatic carboxylic acids is 1. The van der Waals surface area contributed by atoms with Gasteiger partial charge in [0, 0.05) is 21.2 Å². The van der Waals surface area contributed by atoms with Gasteiger partial charge in [0.05, 0.1) is 5.56 Å². The second-order valence-electron chi connectivity index (χ2n) is 13.0. The van der Waals surface area contributed by atoms with Crippen LogP contribution in [-0.2, 0) is 10.8 Å². The van der Waals surface area contributed by atoms with Crippen LogP contribution >= 0.6 is 11.3 Å². The van der Waals surface area contributed by atoms with Crippen molar-refractivity contribution in [2.45, 2.75) is 83.2 Å². The highest BCUT2D eigenvalue weighted by molar-refractivity contribution is 7.14. The van der Waals surface area contributed by atoms with Gasteiger partial charge in [0.15, 0.2) is 0 Å². The summed E-state index contributed by atoms with van der Waals surface area (Å²) < 4.78 is 6.64. The van der Waals surface area contributed by atoms with Gasteiger partial charge in [-0.2, -0.15) is 0 Å². The maximum absolute atomic E-state index is 11.6. The van der Waals surface area contributed by atoms with Gasteiger partial charge in [0.2, 0.25) is 0 Å². The number of hydrogen-bond acceptors (Lipinski definition) is 3. The molecule has 0 aliphatic heterocycles. The largest absolute Gasteiger partial charge is 0.542 e. The molecule has 1 N–H and O–H groups in total. The molecule has 4 aliphatic carbocycles. The van der Waals surface area contributed by atoms with Crippen molar-refractivity contribution in [3.8, 4) is 16.2 Å². The lowest BCUT2D eigenvalue weighted by atomic mass is 9.47. The van der Waals surface area contributed by atoms with Crippen LogP contribution in [0.3, 0.4) is 0 Å². The van der Waals surface area contributed by atoms with Crippen LogP contribution in [0.25, 0.3) is 21.2 Å². The number of fused-ring (bicyclic) bond motifs is 1. The van der Waals surface area contributed by atoms with Gasteiger partial charge in [-0.1, -0.05) is 32.9 Å². The standard InChI is InChI=1S/C31H37O3SSi/c1-30(2,3)25-11-21-6-7-23(27-12-22(17-35-27)29(32)33)28(34-36(4)5)24(21)13-26(25)31-14-18-8-19(15-31)10-20(9-18)16-31/h6-7,11-13,17-20H,8-10,14-16H2,1-5H3,(H,32,33). The van der Waals surface area contributed by atoms with E-state index < -0.39 is 15.0 Å². The van der Waals surface area contributed by atoms with Crippen molar-refractivity contribution in [3.63, 3.8) is 0 Å². The Morgan fingerprint density at radius 1 is 1.03 bits per heavy atom. The highest BCUT2D eigenvalue weighted by Gasteiger charge is 2.52. The molecule has 1 radical (unpaired) electrons. The minimum absolute atomic E-state index is 0.0706. The molecule has 5 heteroatoms. The van der Waals surface area contributed by atoms with Gasteiger partial charge < -0.3 is 9.53 Å². The fraction of sp³-hybridized carbons (Fsp3) is 0.516. The van der Waals surface area contributed by atoms with Crippen LogP contribution in [0.1, 0.15) is 80.8 Å². The molecule has 4 bridgehead atoms. The predicted molar refractivity (Wildman–Crippen MR) is 151 cm³/mol. The zero-order valence-electron chi connectivity index (χ0n) is 22.1. The van der Waals surface area contributed by atoms with E-state index in [0.717, 1.165) is 33.9 Å². The fourth-order valence-corrected chi connectivity index (χ4v) is 9.48. The molecule has 0 amide bonds. The second kappa shape index (κ2) is 8.46. The lowest BCUT2D eigenvalue weighted by Crippen LogP contribution is -2.49. The molecule has 0 unspecified atom stereocenters. The SMILES string of the molecule is C[Si](C)Oc1c(-c2cc(C(=O)O)cs2)ccc2cc(C(C)(C)C)c(C34CC5CC(CC(C5)C3)C4)cc12. The molecule has 4 aliphatic rings. The van der Waals surface area contributed by atoms with Crippen molar-refractivity contribution < 1.29 is 14.3 Å². The number of thiophene rings is 1. The van der Waals surface area contributed by atoms with Crippen molar-refractivity contribution >= 4 is 37.1 Å². The van der Waals surface area contributed by atoms with Crippen LogP contribution in [0.4, 0.5) is 0 Å². The average Bonchev–Trinajstić information content (AvgIpc) is 3.27. The fourth-order valence-electron chi connectivity index (χ4n) is 7.94. The summed E-state index contributed by atoms with van der Waals surface area (Å²) in [6, 6.07) is 11.1. The molecule has 0 atom stereocenters. The summed E-state index contributed by atoms with van der Waals surface area (Å²) in [7, 11) is -1.02. The number of carboxylic acids is 1. The molecule has 3 aromatic rings. The molecule has 4 saturated carbocycles. The van der Waals surface area contributed by atoms with Crippen LogP contribution < -0.4 is 4.43 Å². The summed E-state index contributed by atoms with van der Waals surface area (Å²) in [5.41, 5.74) is 4.80. The maximum atomic E-state index is 11.6. The van der Waals surface area contributed by atoms with Crippen molar-refractivity contribution in [1.82, 2.24) is 0 Å². The van der Waals surface area contributed by atoms with Gasteiger partial charge in [0.25, 0.3) is 9.04 Å². The van der Waals surface area contributed by atoms with E-state index in [2.05, 4.69) is 58.1 Å². The molecule has 4 fully saturated rings. The minimum atomic E-state index is -1.02. The topological polar surface area (TPSA) is 46.5 Å². The van der Waals surface area contributed by atoms with Crippen LogP contribution in [-0.4, -0.2) is 20.1 Å². The Morgan fingerprint density at radius 2 is 1.67 bits per heavy atom. The first kappa shape index (κ1) is 24.2. The van der Waals surface area contributed by atoms with Gasteiger partial charge in [-0.25, -0.2) is 4.79 Å². The normalized spacial score (nSPS) is 27.2. The molecule has 2 aromatic carbocycles. The van der Waals surface area contributed by atoms with Gasteiger partial charge >= 0.3 is 5.97 Å². The van der Waals surface area contributed by atoms with E-state index in [4.69, 9.17) is 4.43 Å². The third-order valence-electron chi connectivity index (χ3n) is 8.94. The van der Waals surface area contributed by atoms with E-state index in [1.54, 1.807) is 17.0 Å². The van der Waals surface area contributed by atoms with Gasteiger partial charge in [-0.3, -0.25) is 0 Å². The first-order valence-electron chi connectivity index (χ1n) is 13.4. The number of rotatable bonds is 5. The van der Waals surface area contributed by atoms with E-state index in [0.29, 0.717) is 11.0 Å². The quantitative estimate of drug-likeness (QED) is 0.344. The molecule has 0 saturated heterocycles. The van der Waals surface area contributed by atoms with Gasteiger partial charge in [0.1, 0.15) is 5.75 Å². The Bertz CT molecular complexity index is 1310. The Kier molecular flexibility index (Phi) is 5.69. The van der Waals surface area contributed by atoms with E-state index in [1.807, 2.05) is 0 Å².